The molecule has 0 bridgehead atoms. The van der Waals surface area contributed by atoms with Crippen LogP contribution >= 0.6 is 0 Å². The number of sulfonamides is 1. The Balaban J connectivity index is 1.39. The summed E-state index contributed by atoms with van der Waals surface area (Å²) in [5, 5.41) is 2.99. The van der Waals surface area contributed by atoms with Crippen molar-refractivity contribution in [3.05, 3.63) is 95.1 Å². The molecule has 4 rings (SSSR count). The molecule has 1 amide bonds. The van der Waals surface area contributed by atoms with Gasteiger partial charge in [0.25, 0.3) is 5.91 Å². The summed E-state index contributed by atoms with van der Waals surface area (Å²) in [6.45, 7) is 6.12. The number of hydrogen-bond donors (Lipinski definition) is 1. The highest BCUT2D eigenvalue weighted by Gasteiger charge is 2.21. The van der Waals surface area contributed by atoms with E-state index in [9.17, 15) is 13.2 Å². The predicted octanol–water partition coefficient (Wildman–Crippen LogP) is 4.58. The number of carbonyl (C=O) groups is 1. The molecule has 7 nitrogen and oxygen atoms in total. The number of nitrogens with one attached hydrogen (secondary N) is 1. The molecule has 1 aliphatic heterocycles. The maximum Gasteiger partial charge on any atom is 0.251 e. The number of rotatable bonds is 11. The van der Waals surface area contributed by atoms with Crippen molar-refractivity contribution < 1.29 is 17.9 Å². The largest absolute Gasteiger partial charge is 0.492 e. The van der Waals surface area contributed by atoms with Crippen molar-refractivity contribution in [3.63, 3.8) is 0 Å². The lowest BCUT2D eigenvalue weighted by Crippen LogP contribution is -2.29. The highest BCUT2D eigenvalue weighted by molar-refractivity contribution is 7.92. The highest BCUT2D eigenvalue weighted by Crippen LogP contribution is 2.31. The molecule has 0 unspecified atom stereocenters. The fraction of sp³-hybridized carbons (Fsp3) is 0.345. The molecule has 0 saturated carbocycles. The van der Waals surface area contributed by atoms with E-state index in [1.54, 1.807) is 42.5 Å². The van der Waals surface area contributed by atoms with Gasteiger partial charge in [-0.15, -0.1) is 0 Å². The van der Waals surface area contributed by atoms with Gasteiger partial charge in [0.05, 0.1) is 25.1 Å². The van der Waals surface area contributed by atoms with Crippen molar-refractivity contribution in [1.29, 1.82) is 0 Å². The summed E-state index contributed by atoms with van der Waals surface area (Å²) >= 11 is 0. The number of nitrogens with zero attached hydrogens (tertiary/aromatic N) is 2. The molecular formula is C29H35N3O4S. The number of para-hydroxylation sites is 2. The van der Waals surface area contributed by atoms with E-state index in [1.165, 1.54) is 29.0 Å². The predicted molar refractivity (Wildman–Crippen MR) is 147 cm³/mol. The fourth-order valence-corrected chi connectivity index (χ4v) is 5.46. The lowest BCUT2D eigenvalue weighted by Gasteiger charge is -2.24. The summed E-state index contributed by atoms with van der Waals surface area (Å²) in [5.74, 6) is 0.342. The Hall–Kier alpha value is -3.36. The summed E-state index contributed by atoms with van der Waals surface area (Å²) in [6.07, 6.45) is 3.71. The van der Waals surface area contributed by atoms with Crippen LogP contribution in [0.4, 0.5) is 5.69 Å². The minimum atomic E-state index is -3.56. The fourth-order valence-electron chi connectivity index (χ4n) is 4.57. The van der Waals surface area contributed by atoms with E-state index in [-0.39, 0.29) is 12.5 Å². The summed E-state index contributed by atoms with van der Waals surface area (Å²) in [6, 6.07) is 22.5. The SMILES string of the molecule is CCOc1ccccc1N(Cc1ccc(C(=O)NCc2cccc(CN3CCCC3)c2)cc1)S(C)(=O)=O. The smallest absolute Gasteiger partial charge is 0.251 e. The second-order valence-corrected chi connectivity index (χ2v) is 11.3. The molecule has 0 aromatic heterocycles. The third kappa shape index (κ3) is 7.33. The van der Waals surface area contributed by atoms with Crippen LogP contribution in [-0.2, 0) is 29.7 Å². The van der Waals surface area contributed by atoms with Crippen LogP contribution < -0.4 is 14.4 Å². The number of anilines is 1. The van der Waals surface area contributed by atoms with Gasteiger partial charge in [-0.2, -0.15) is 0 Å². The zero-order valence-electron chi connectivity index (χ0n) is 21.5. The molecule has 1 aliphatic rings. The zero-order chi connectivity index (χ0) is 26.3. The van der Waals surface area contributed by atoms with E-state index in [0.29, 0.717) is 30.2 Å². The Morgan fingerprint density at radius 1 is 0.946 bits per heavy atom. The molecule has 3 aromatic rings. The van der Waals surface area contributed by atoms with E-state index in [0.717, 1.165) is 30.8 Å². The Labute approximate surface area is 220 Å². The maximum absolute atomic E-state index is 12.8. The van der Waals surface area contributed by atoms with Crippen molar-refractivity contribution in [2.45, 2.75) is 39.4 Å². The molecule has 0 radical (unpaired) electrons. The molecule has 1 saturated heterocycles. The number of likely N-dealkylation sites (tertiary alicyclic amines) is 1. The van der Waals surface area contributed by atoms with Crippen LogP contribution in [-0.4, -0.2) is 45.2 Å². The zero-order valence-corrected chi connectivity index (χ0v) is 22.3. The van der Waals surface area contributed by atoms with E-state index < -0.39 is 10.0 Å². The first-order valence-corrected chi connectivity index (χ1v) is 14.5. The van der Waals surface area contributed by atoms with Gasteiger partial charge < -0.3 is 10.1 Å². The lowest BCUT2D eigenvalue weighted by atomic mass is 10.1. The van der Waals surface area contributed by atoms with Crippen LogP contribution in [0.5, 0.6) is 5.75 Å². The molecule has 196 valence electrons. The van der Waals surface area contributed by atoms with Crippen LogP contribution in [0.1, 0.15) is 46.8 Å². The Morgan fingerprint density at radius 3 is 2.35 bits per heavy atom. The molecule has 8 heteroatoms. The van der Waals surface area contributed by atoms with Crippen molar-refractivity contribution in [2.24, 2.45) is 0 Å². The van der Waals surface area contributed by atoms with Crippen LogP contribution in [0.25, 0.3) is 0 Å². The molecule has 37 heavy (non-hydrogen) atoms. The standard InChI is InChI=1S/C29H35N3O4S/c1-3-36-28-12-5-4-11-27(28)32(37(2,34)35)22-23-13-15-26(16-14-23)29(33)30-20-24-9-8-10-25(19-24)21-31-17-6-7-18-31/h4-5,8-16,19H,3,6-7,17-18,20-22H2,1-2H3,(H,30,33). The second-order valence-electron chi connectivity index (χ2n) is 9.35. The number of carbonyl (C=O) groups excluding carboxylic acids is 1. The highest BCUT2D eigenvalue weighted by atomic mass is 32.2. The van der Waals surface area contributed by atoms with Gasteiger partial charge in [0, 0.05) is 18.7 Å². The van der Waals surface area contributed by atoms with E-state index >= 15 is 0 Å². The maximum atomic E-state index is 12.8. The molecular weight excluding hydrogens is 486 g/mol. The Kier molecular flexibility index (Phi) is 8.84. The quantitative estimate of drug-likeness (QED) is 0.400. The van der Waals surface area contributed by atoms with Gasteiger partial charge in [-0.1, -0.05) is 48.5 Å². The third-order valence-electron chi connectivity index (χ3n) is 6.43. The van der Waals surface area contributed by atoms with Crippen molar-refractivity contribution >= 4 is 21.6 Å². The van der Waals surface area contributed by atoms with Gasteiger partial charge in [-0.3, -0.25) is 14.0 Å². The lowest BCUT2D eigenvalue weighted by molar-refractivity contribution is 0.0951. The molecule has 0 aliphatic carbocycles. The Morgan fingerprint density at radius 2 is 1.65 bits per heavy atom. The average molecular weight is 522 g/mol. The minimum Gasteiger partial charge on any atom is -0.492 e. The summed E-state index contributed by atoms with van der Waals surface area (Å²) in [7, 11) is -3.56. The first-order chi connectivity index (χ1) is 17.8. The molecule has 3 aromatic carbocycles. The Bertz CT molecular complexity index is 1300. The summed E-state index contributed by atoms with van der Waals surface area (Å²) < 4.78 is 32.2. The van der Waals surface area contributed by atoms with Gasteiger partial charge in [0.1, 0.15) is 5.75 Å². The van der Waals surface area contributed by atoms with Crippen molar-refractivity contribution in [1.82, 2.24) is 10.2 Å². The molecule has 0 atom stereocenters. The van der Waals surface area contributed by atoms with E-state index in [1.807, 2.05) is 25.1 Å². The van der Waals surface area contributed by atoms with Gasteiger partial charge in [-0.25, -0.2) is 8.42 Å². The van der Waals surface area contributed by atoms with E-state index in [2.05, 4.69) is 22.3 Å². The number of benzene rings is 3. The third-order valence-corrected chi connectivity index (χ3v) is 7.55. The van der Waals surface area contributed by atoms with Crippen LogP contribution in [0, 0.1) is 0 Å². The number of amides is 1. The topological polar surface area (TPSA) is 79.0 Å². The average Bonchev–Trinajstić information content (AvgIpc) is 3.39. The minimum absolute atomic E-state index is 0.134. The van der Waals surface area contributed by atoms with Gasteiger partial charge >= 0.3 is 0 Å². The van der Waals surface area contributed by atoms with Gasteiger partial charge in [0.15, 0.2) is 0 Å². The van der Waals surface area contributed by atoms with Crippen LogP contribution in [0.15, 0.2) is 72.8 Å². The van der Waals surface area contributed by atoms with Gasteiger partial charge in [-0.05, 0) is 73.8 Å². The monoisotopic (exact) mass is 521 g/mol. The second kappa shape index (κ2) is 12.3. The molecule has 1 N–H and O–H groups in total. The number of hydrogen-bond acceptors (Lipinski definition) is 5. The van der Waals surface area contributed by atoms with Gasteiger partial charge in [0.2, 0.25) is 10.0 Å². The summed E-state index contributed by atoms with van der Waals surface area (Å²) in [5.41, 5.74) is 4.11. The summed E-state index contributed by atoms with van der Waals surface area (Å²) in [4.78, 5) is 15.2. The first-order valence-electron chi connectivity index (χ1n) is 12.7. The van der Waals surface area contributed by atoms with Crippen molar-refractivity contribution in [2.75, 3.05) is 30.3 Å². The first kappa shape index (κ1) is 26.7. The number of ether oxygens (including phenoxy) is 1. The van der Waals surface area contributed by atoms with Crippen molar-refractivity contribution in [3.8, 4) is 5.75 Å². The molecule has 0 spiro atoms. The van der Waals surface area contributed by atoms with Crippen LogP contribution in [0.2, 0.25) is 0 Å². The molecule has 1 heterocycles. The molecule has 1 fully saturated rings. The van der Waals surface area contributed by atoms with Crippen LogP contribution in [0.3, 0.4) is 0 Å². The normalized spacial score (nSPS) is 13.9. The van der Waals surface area contributed by atoms with E-state index in [4.69, 9.17) is 4.74 Å².